The highest BCUT2D eigenvalue weighted by molar-refractivity contribution is 7.18. The van der Waals surface area contributed by atoms with Crippen molar-refractivity contribution in [3.05, 3.63) is 35.0 Å². The molecule has 0 aliphatic rings. The minimum atomic E-state index is 0.850. The van der Waals surface area contributed by atoms with Crippen molar-refractivity contribution < 1.29 is 0 Å². The molecule has 3 aromatic rings. The van der Waals surface area contributed by atoms with E-state index in [9.17, 15) is 0 Å². The number of benzene rings is 1. The van der Waals surface area contributed by atoms with Gasteiger partial charge in [0.15, 0.2) is 0 Å². The van der Waals surface area contributed by atoms with Gasteiger partial charge in [-0.3, -0.25) is 4.98 Å². The highest BCUT2D eigenvalue weighted by atomic mass is 32.1. The molecule has 1 N–H and O–H groups in total. The Balaban J connectivity index is 2.23. The Labute approximate surface area is 128 Å². The second-order valence-electron chi connectivity index (χ2n) is 5.16. The van der Waals surface area contributed by atoms with Crippen molar-refractivity contribution in [3.8, 4) is 10.6 Å². The van der Waals surface area contributed by atoms with Crippen LogP contribution in [0.1, 0.15) is 23.7 Å². The molecule has 0 bridgehead atoms. The van der Waals surface area contributed by atoms with Crippen LogP contribution < -0.4 is 5.32 Å². The van der Waals surface area contributed by atoms with E-state index in [0.29, 0.717) is 0 Å². The van der Waals surface area contributed by atoms with Crippen LogP contribution in [0.15, 0.2) is 18.2 Å². The second kappa shape index (κ2) is 5.41. The van der Waals surface area contributed by atoms with Crippen molar-refractivity contribution in [2.45, 2.75) is 27.7 Å². The van der Waals surface area contributed by atoms with Crippen molar-refractivity contribution >= 4 is 27.4 Å². The number of hydrogen-bond donors (Lipinski definition) is 1. The monoisotopic (exact) mass is 298 g/mol. The fourth-order valence-corrected chi connectivity index (χ4v) is 3.23. The Morgan fingerprint density at radius 3 is 2.71 bits per heavy atom. The summed E-state index contributed by atoms with van der Waals surface area (Å²) in [7, 11) is 0. The van der Waals surface area contributed by atoms with Crippen LogP contribution in [0.25, 0.3) is 21.5 Å². The smallest absolute Gasteiger partial charge is 0.205 e. The second-order valence-corrected chi connectivity index (χ2v) is 6.14. The molecule has 0 aliphatic carbocycles. The van der Waals surface area contributed by atoms with Gasteiger partial charge in [-0.15, -0.1) is 10.2 Å². The molecule has 0 unspecified atom stereocenters. The van der Waals surface area contributed by atoms with Gasteiger partial charge in [-0.2, -0.15) is 0 Å². The summed E-state index contributed by atoms with van der Waals surface area (Å²) in [5.41, 5.74) is 5.67. The van der Waals surface area contributed by atoms with Gasteiger partial charge in [0.1, 0.15) is 5.01 Å². The molecule has 108 valence electrons. The number of rotatable bonds is 3. The topological polar surface area (TPSA) is 50.7 Å². The van der Waals surface area contributed by atoms with Gasteiger partial charge in [0, 0.05) is 23.2 Å². The zero-order valence-corrected chi connectivity index (χ0v) is 13.5. The predicted octanol–water partition coefficient (Wildman–Crippen LogP) is 4.11. The number of pyridine rings is 1. The SMILES string of the molecule is CCNc1nnc(-c2cc(C)nc3c(C)c(C)ccc23)s1. The summed E-state index contributed by atoms with van der Waals surface area (Å²) >= 11 is 1.58. The zero-order chi connectivity index (χ0) is 15.0. The number of fused-ring (bicyclic) bond motifs is 1. The maximum atomic E-state index is 4.71. The molecular formula is C16H18N4S. The van der Waals surface area contributed by atoms with E-state index < -0.39 is 0 Å². The van der Waals surface area contributed by atoms with Crippen LogP contribution >= 0.6 is 11.3 Å². The lowest BCUT2D eigenvalue weighted by molar-refractivity contribution is 1.07. The Bertz CT molecular complexity index is 807. The molecular weight excluding hydrogens is 280 g/mol. The van der Waals surface area contributed by atoms with Crippen LogP contribution in [-0.2, 0) is 0 Å². The van der Waals surface area contributed by atoms with Gasteiger partial charge in [0.25, 0.3) is 0 Å². The highest BCUT2D eigenvalue weighted by Gasteiger charge is 2.13. The molecule has 1 aromatic carbocycles. The van der Waals surface area contributed by atoms with Crippen molar-refractivity contribution in [1.29, 1.82) is 0 Å². The lowest BCUT2D eigenvalue weighted by Gasteiger charge is -2.09. The van der Waals surface area contributed by atoms with E-state index >= 15 is 0 Å². The van der Waals surface area contributed by atoms with Gasteiger partial charge in [-0.1, -0.05) is 23.5 Å². The molecule has 0 amide bonds. The average Bonchev–Trinajstić information content (AvgIpc) is 2.91. The maximum Gasteiger partial charge on any atom is 0.205 e. The molecule has 0 fully saturated rings. The average molecular weight is 298 g/mol. The molecule has 0 aliphatic heterocycles. The first kappa shape index (κ1) is 13.9. The van der Waals surface area contributed by atoms with Gasteiger partial charge in [-0.05, 0) is 44.9 Å². The van der Waals surface area contributed by atoms with Crippen LogP contribution in [0, 0.1) is 20.8 Å². The number of aryl methyl sites for hydroxylation is 3. The van der Waals surface area contributed by atoms with E-state index in [2.05, 4.69) is 54.5 Å². The fraction of sp³-hybridized carbons (Fsp3) is 0.312. The first-order chi connectivity index (χ1) is 10.1. The Morgan fingerprint density at radius 2 is 1.95 bits per heavy atom. The van der Waals surface area contributed by atoms with Crippen LogP contribution in [0.3, 0.4) is 0 Å². The number of aromatic nitrogens is 3. The third kappa shape index (κ3) is 2.49. The number of anilines is 1. The van der Waals surface area contributed by atoms with Crippen molar-refractivity contribution in [1.82, 2.24) is 15.2 Å². The minimum absolute atomic E-state index is 0.850. The Kier molecular flexibility index (Phi) is 3.59. The van der Waals surface area contributed by atoms with Gasteiger partial charge in [-0.25, -0.2) is 0 Å². The molecule has 2 aromatic heterocycles. The van der Waals surface area contributed by atoms with Crippen LogP contribution in [0.2, 0.25) is 0 Å². The standard InChI is InChI=1S/C16H18N4S/c1-5-17-16-20-19-15(21-16)13-8-10(3)18-14-11(4)9(2)6-7-12(13)14/h6-8H,5H2,1-4H3,(H,17,20). The van der Waals surface area contributed by atoms with Crippen molar-refractivity contribution in [2.24, 2.45) is 0 Å². The summed E-state index contributed by atoms with van der Waals surface area (Å²) in [6.07, 6.45) is 0. The fourth-order valence-electron chi connectivity index (χ4n) is 2.39. The van der Waals surface area contributed by atoms with E-state index in [0.717, 1.165) is 38.8 Å². The summed E-state index contributed by atoms with van der Waals surface area (Å²) < 4.78 is 0. The molecule has 4 nitrogen and oxygen atoms in total. The summed E-state index contributed by atoms with van der Waals surface area (Å²) in [5.74, 6) is 0. The van der Waals surface area contributed by atoms with E-state index in [4.69, 9.17) is 4.98 Å². The summed E-state index contributed by atoms with van der Waals surface area (Å²) in [5, 5.41) is 14.7. The summed E-state index contributed by atoms with van der Waals surface area (Å²) in [6, 6.07) is 6.37. The largest absolute Gasteiger partial charge is 0.360 e. The maximum absolute atomic E-state index is 4.71. The quantitative estimate of drug-likeness (QED) is 0.790. The first-order valence-electron chi connectivity index (χ1n) is 7.05. The third-order valence-electron chi connectivity index (χ3n) is 3.62. The molecule has 0 spiro atoms. The molecule has 21 heavy (non-hydrogen) atoms. The van der Waals surface area contributed by atoms with Crippen LogP contribution in [0.5, 0.6) is 0 Å². The number of nitrogens with one attached hydrogen (secondary N) is 1. The van der Waals surface area contributed by atoms with Crippen molar-refractivity contribution in [3.63, 3.8) is 0 Å². The lowest BCUT2D eigenvalue weighted by atomic mass is 10.0. The van der Waals surface area contributed by atoms with Gasteiger partial charge in [0.2, 0.25) is 5.13 Å². The van der Waals surface area contributed by atoms with E-state index in [1.165, 1.54) is 11.1 Å². The predicted molar refractivity (Wildman–Crippen MR) is 89.0 cm³/mol. The van der Waals surface area contributed by atoms with Gasteiger partial charge < -0.3 is 5.32 Å². The Morgan fingerprint density at radius 1 is 1.14 bits per heavy atom. The highest BCUT2D eigenvalue weighted by Crippen LogP contribution is 2.33. The number of nitrogens with zero attached hydrogens (tertiary/aromatic N) is 3. The van der Waals surface area contributed by atoms with Crippen molar-refractivity contribution in [2.75, 3.05) is 11.9 Å². The molecule has 0 saturated heterocycles. The minimum Gasteiger partial charge on any atom is -0.360 e. The summed E-state index contributed by atoms with van der Waals surface area (Å²) in [4.78, 5) is 4.71. The molecule has 2 heterocycles. The molecule has 0 atom stereocenters. The lowest BCUT2D eigenvalue weighted by Crippen LogP contribution is -1.94. The van der Waals surface area contributed by atoms with Gasteiger partial charge in [0.05, 0.1) is 5.52 Å². The normalized spacial score (nSPS) is 11.0. The van der Waals surface area contributed by atoms with Crippen LogP contribution in [-0.4, -0.2) is 21.7 Å². The number of hydrogen-bond acceptors (Lipinski definition) is 5. The van der Waals surface area contributed by atoms with Crippen LogP contribution in [0.4, 0.5) is 5.13 Å². The molecule has 0 radical (unpaired) electrons. The first-order valence-corrected chi connectivity index (χ1v) is 7.87. The molecule has 0 saturated carbocycles. The van der Waals surface area contributed by atoms with E-state index in [1.807, 2.05) is 6.92 Å². The van der Waals surface area contributed by atoms with E-state index in [-0.39, 0.29) is 0 Å². The Hall–Kier alpha value is -2.01. The van der Waals surface area contributed by atoms with Gasteiger partial charge >= 0.3 is 0 Å². The molecule has 3 rings (SSSR count). The summed E-state index contributed by atoms with van der Waals surface area (Å²) in [6.45, 7) is 9.17. The zero-order valence-electron chi connectivity index (χ0n) is 12.7. The molecule has 5 heteroatoms. The third-order valence-corrected chi connectivity index (χ3v) is 4.53. The van der Waals surface area contributed by atoms with E-state index in [1.54, 1.807) is 11.3 Å².